The number of fused-ring (bicyclic) bond motifs is 5. The molecule has 1 heterocycles. The van der Waals surface area contributed by atoms with Crippen LogP contribution in [0.5, 0.6) is 5.75 Å². The highest BCUT2D eigenvalue weighted by atomic mass is 19.1. The molecule has 2 aliphatic carbocycles. The summed E-state index contributed by atoms with van der Waals surface area (Å²) in [5.74, 6) is -1.81. The number of halogens is 1. The monoisotopic (exact) mass is 344 g/mol. The molecule has 1 saturated carbocycles. The highest BCUT2D eigenvalue weighted by molar-refractivity contribution is 6.09. The van der Waals surface area contributed by atoms with Crippen molar-refractivity contribution in [2.45, 2.75) is 6.42 Å². The Bertz CT molecular complexity index is 776. The SMILES string of the molecule is COc1cc(F)ccc1NC(=O)CN1C(=O)[C@H]2[C@H](C1=O)[C@H]1C=C[C@H]2C1. The van der Waals surface area contributed by atoms with Crippen molar-refractivity contribution in [1.82, 2.24) is 4.90 Å². The Labute approximate surface area is 143 Å². The Hall–Kier alpha value is -2.70. The van der Waals surface area contributed by atoms with Crippen LogP contribution in [0.1, 0.15) is 6.42 Å². The van der Waals surface area contributed by atoms with Crippen LogP contribution in [0.3, 0.4) is 0 Å². The maximum absolute atomic E-state index is 13.2. The number of nitrogens with one attached hydrogen (secondary N) is 1. The van der Waals surface area contributed by atoms with Gasteiger partial charge in [-0.3, -0.25) is 19.3 Å². The predicted octanol–water partition coefficient (Wildman–Crippen LogP) is 1.58. The molecular weight excluding hydrogens is 327 g/mol. The van der Waals surface area contributed by atoms with Crippen LogP contribution in [0.15, 0.2) is 30.4 Å². The number of benzene rings is 1. The van der Waals surface area contributed by atoms with Crippen molar-refractivity contribution in [3.05, 3.63) is 36.2 Å². The summed E-state index contributed by atoms with van der Waals surface area (Å²) in [6.45, 7) is -0.343. The van der Waals surface area contributed by atoms with Crippen LogP contribution in [-0.4, -0.2) is 36.3 Å². The molecule has 2 fully saturated rings. The van der Waals surface area contributed by atoms with Crippen molar-refractivity contribution in [2.75, 3.05) is 19.0 Å². The van der Waals surface area contributed by atoms with Gasteiger partial charge in [-0.2, -0.15) is 0 Å². The molecule has 7 heteroatoms. The van der Waals surface area contributed by atoms with Gasteiger partial charge >= 0.3 is 0 Å². The van der Waals surface area contributed by atoms with Gasteiger partial charge in [0.2, 0.25) is 17.7 Å². The van der Waals surface area contributed by atoms with Gasteiger partial charge in [-0.25, -0.2) is 4.39 Å². The van der Waals surface area contributed by atoms with Gasteiger partial charge in [-0.1, -0.05) is 12.2 Å². The Morgan fingerprint density at radius 2 is 1.88 bits per heavy atom. The molecule has 1 aromatic carbocycles. The summed E-state index contributed by atoms with van der Waals surface area (Å²) in [6.07, 6.45) is 4.85. The van der Waals surface area contributed by atoms with Crippen LogP contribution in [0, 0.1) is 29.5 Å². The molecule has 3 amide bonds. The van der Waals surface area contributed by atoms with E-state index in [0.29, 0.717) is 0 Å². The van der Waals surface area contributed by atoms with E-state index in [1.807, 2.05) is 12.2 Å². The van der Waals surface area contributed by atoms with Crippen LogP contribution >= 0.6 is 0 Å². The molecule has 1 N–H and O–H groups in total. The van der Waals surface area contributed by atoms with Crippen LogP contribution in [0.25, 0.3) is 0 Å². The molecule has 25 heavy (non-hydrogen) atoms. The second-order valence-corrected chi connectivity index (χ2v) is 6.66. The third-order valence-corrected chi connectivity index (χ3v) is 5.30. The number of ether oxygens (including phenoxy) is 1. The van der Waals surface area contributed by atoms with Crippen LogP contribution in [0.2, 0.25) is 0 Å². The number of amides is 3. The normalized spacial score (nSPS) is 29.3. The number of carbonyl (C=O) groups excluding carboxylic acids is 3. The van der Waals surface area contributed by atoms with Crippen LogP contribution < -0.4 is 10.1 Å². The van der Waals surface area contributed by atoms with E-state index in [-0.39, 0.29) is 53.5 Å². The maximum Gasteiger partial charge on any atom is 0.244 e. The highest BCUT2D eigenvalue weighted by Crippen LogP contribution is 2.52. The van der Waals surface area contributed by atoms with Gasteiger partial charge in [0.05, 0.1) is 24.6 Å². The summed E-state index contributed by atoms with van der Waals surface area (Å²) in [5, 5.41) is 2.57. The molecule has 2 bridgehead atoms. The zero-order chi connectivity index (χ0) is 17.7. The highest BCUT2D eigenvalue weighted by Gasteiger charge is 2.59. The lowest BCUT2D eigenvalue weighted by atomic mass is 9.85. The van der Waals surface area contributed by atoms with E-state index in [0.717, 1.165) is 17.4 Å². The zero-order valence-electron chi connectivity index (χ0n) is 13.6. The minimum absolute atomic E-state index is 0.108. The summed E-state index contributed by atoms with van der Waals surface area (Å²) >= 11 is 0. The van der Waals surface area contributed by atoms with Crippen molar-refractivity contribution < 1.29 is 23.5 Å². The molecule has 0 spiro atoms. The fourth-order valence-electron chi connectivity index (χ4n) is 4.22. The average molecular weight is 344 g/mol. The molecule has 4 atom stereocenters. The smallest absolute Gasteiger partial charge is 0.244 e. The maximum atomic E-state index is 13.2. The van der Waals surface area contributed by atoms with E-state index in [9.17, 15) is 18.8 Å². The van der Waals surface area contributed by atoms with Gasteiger partial charge in [0.15, 0.2) is 0 Å². The van der Waals surface area contributed by atoms with E-state index in [1.165, 1.54) is 19.2 Å². The van der Waals surface area contributed by atoms with Crippen molar-refractivity contribution in [2.24, 2.45) is 23.7 Å². The van der Waals surface area contributed by atoms with Crippen molar-refractivity contribution >= 4 is 23.4 Å². The minimum atomic E-state index is -0.521. The van der Waals surface area contributed by atoms with Crippen molar-refractivity contribution in [3.8, 4) is 5.75 Å². The number of rotatable bonds is 4. The summed E-state index contributed by atoms with van der Waals surface area (Å²) < 4.78 is 18.2. The predicted molar refractivity (Wildman–Crippen MR) is 86.0 cm³/mol. The number of anilines is 1. The Kier molecular flexibility index (Phi) is 3.59. The van der Waals surface area contributed by atoms with Gasteiger partial charge in [-0.05, 0) is 30.4 Å². The van der Waals surface area contributed by atoms with E-state index in [4.69, 9.17) is 4.74 Å². The van der Waals surface area contributed by atoms with E-state index in [2.05, 4.69) is 5.32 Å². The number of nitrogens with zero attached hydrogens (tertiary/aromatic N) is 1. The summed E-state index contributed by atoms with van der Waals surface area (Å²) in [4.78, 5) is 38.5. The van der Waals surface area contributed by atoms with E-state index >= 15 is 0 Å². The van der Waals surface area contributed by atoms with E-state index < -0.39 is 11.7 Å². The molecule has 0 radical (unpaired) electrons. The first kappa shape index (κ1) is 15.8. The third kappa shape index (κ3) is 2.42. The quantitative estimate of drug-likeness (QED) is 0.665. The van der Waals surface area contributed by atoms with Gasteiger partial charge in [0, 0.05) is 6.07 Å². The first-order valence-electron chi connectivity index (χ1n) is 8.16. The number of allylic oxidation sites excluding steroid dienone is 2. The second kappa shape index (κ2) is 5.68. The molecule has 0 unspecified atom stereocenters. The van der Waals surface area contributed by atoms with Gasteiger partial charge < -0.3 is 10.1 Å². The third-order valence-electron chi connectivity index (χ3n) is 5.30. The number of carbonyl (C=O) groups is 3. The Balaban J connectivity index is 1.47. The molecule has 130 valence electrons. The molecule has 1 saturated heterocycles. The lowest BCUT2D eigenvalue weighted by Crippen LogP contribution is -2.39. The molecule has 0 aromatic heterocycles. The average Bonchev–Trinajstić information content (AvgIpc) is 3.26. The number of hydrogen-bond acceptors (Lipinski definition) is 4. The summed E-state index contributed by atoms with van der Waals surface area (Å²) in [5.41, 5.74) is 0.287. The molecule has 6 nitrogen and oxygen atoms in total. The standard InChI is InChI=1S/C18H17FN2O4/c1-25-13-7-11(19)4-5-12(13)20-14(22)8-21-17(23)15-9-2-3-10(6-9)16(15)18(21)24/h2-5,7,9-10,15-16H,6,8H2,1H3,(H,20,22)/t9-,10-,15+,16+/m0/s1. The zero-order valence-corrected chi connectivity index (χ0v) is 13.6. The first-order valence-corrected chi connectivity index (χ1v) is 8.16. The second-order valence-electron chi connectivity index (χ2n) is 6.66. The molecule has 4 rings (SSSR count). The van der Waals surface area contributed by atoms with Gasteiger partial charge in [0.1, 0.15) is 18.1 Å². The van der Waals surface area contributed by atoms with Gasteiger partial charge in [-0.15, -0.1) is 0 Å². The molecule has 1 aliphatic heterocycles. The number of imide groups is 1. The first-order chi connectivity index (χ1) is 12.0. The van der Waals surface area contributed by atoms with Crippen molar-refractivity contribution in [1.29, 1.82) is 0 Å². The summed E-state index contributed by atoms with van der Waals surface area (Å²) in [6, 6.07) is 3.71. The number of hydrogen-bond donors (Lipinski definition) is 1. The number of likely N-dealkylation sites (tertiary alicyclic amines) is 1. The molecule has 1 aromatic rings. The Morgan fingerprint density at radius 1 is 1.24 bits per heavy atom. The fourth-order valence-corrected chi connectivity index (χ4v) is 4.22. The van der Waals surface area contributed by atoms with Crippen molar-refractivity contribution in [3.63, 3.8) is 0 Å². The van der Waals surface area contributed by atoms with Gasteiger partial charge in [0.25, 0.3) is 0 Å². The summed E-state index contributed by atoms with van der Waals surface area (Å²) in [7, 11) is 1.36. The largest absolute Gasteiger partial charge is 0.494 e. The van der Waals surface area contributed by atoms with E-state index in [1.54, 1.807) is 0 Å². The Morgan fingerprint density at radius 3 is 2.48 bits per heavy atom. The lowest BCUT2D eigenvalue weighted by Gasteiger charge is -2.17. The lowest BCUT2D eigenvalue weighted by molar-refractivity contribution is -0.143. The topological polar surface area (TPSA) is 75.7 Å². The molecular formula is C18H17FN2O4. The van der Waals surface area contributed by atoms with Crippen LogP contribution in [-0.2, 0) is 14.4 Å². The molecule has 3 aliphatic rings. The van der Waals surface area contributed by atoms with Crippen LogP contribution in [0.4, 0.5) is 10.1 Å². The number of methoxy groups -OCH3 is 1. The fraction of sp³-hybridized carbons (Fsp3) is 0.389. The minimum Gasteiger partial charge on any atom is -0.494 e.